The molecule has 0 atom stereocenters. The van der Waals surface area contributed by atoms with Gasteiger partial charge in [-0.05, 0) is 42.3 Å². The summed E-state index contributed by atoms with van der Waals surface area (Å²) in [4.78, 5) is 4.23. The fourth-order valence-electron chi connectivity index (χ4n) is 1.88. The molecule has 0 saturated heterocycles. The van der Waals surface area contributed by atoms with E-state index in [1.54, 1.807) is 18.2 Å². The highest BCUT2D eigenvalue weighted by molar-refractivity contribution is 6.30. The third-order valence-corrected chi connectivity index (χ3v) is 3.15. The summed E-state index contributed by atoms with van der Waals surface area (Å²) < 4.78 is 0. The van der Waals surface area contributed by atoms with Gasteiger partial charge in [-0.2, -0.15) is 0 Å². The minimum atomic E-state index is 0.0994. The van der Waals surface area contributed by atoms with E-state index in [1.807, 2.05) is 12.1 Å². The van der Waals surface area contributed by atoms with Crippen molar-refractivity contribution in [1.29, 1.82) is 0 Å². The van der Waals surface area contributed by atoms with E-state index in [9.17, 15) is 10.2 Å². The van der Waals surface area contributed by atoms with E-state index in [2.05, 4.69) is 11.9 Å². The Balaban J connectivity index is 2.30. The number of aromatic hydroxyl groups is 2. The maximum Gasteiger partial charge on any atom is 0.141 e. The average Bonchev–Trinajstić information content (AvgIpc) is 2.43. The number of phenolic OH excluding ortho intramolecular Hbond substituents is 2. The molecule has 104 valence electrons. The number of rotatable bonds is 4. The molecule has 0 aliphatic carbocycles. The summed E-state index contributed by atoms with van der Waals surface area (Å²) in [7, 11) is 0. The summed E-state index contributed by atoms with van der Waals surface area (Å²) in [6.45, 7) is 2.10. The lowest BCUT2D eigenvalue weighted by Crippen LogP contribution is -1.84. The first-order chi connectivity index (χ1) is 9.60. The second-order valence-electron chi connectivity index (χ2n) is 4.53. The summed E-state index contributed by atoms with van der Waals surface area (Å²) in [5, 5.41) is 20.0. The quantitative estimate of drug-likeness (QED) is 0.817. The minimum Gasteiger partial charge on any atom is -0.507 e. The molecule has 0 bridgehead atoms. The van der Waals surface area contributed by atoms with Gasteiger partial charge in [0.1, 0.15) is 17.2 Å². The van der Waals surface area contributed by atoms with E-state index >= 15 is 0 Å². The zero-order valence-electron chi connectivity index (χ0n) is 11.2. The molecule has 0 fully saturated rings. The second-order valence-corrected chi connectivity index (χ2v) is 4.97. The van der Waals surface area contributed by atoms with Crippen LogP contribution < -0.4 is 0 Å². The Bertz CT molecular complexity index is 638. The summed E-state index contributed by atoms with van der Waals surface area (Å²) in [5.74, 6) is 0.213. The summed E-state index contributed by atoms with van der Waals surface area (Å²) in [6.07, 6.45) is 3.46. The molecule has 0 unspecified atom stereocenters. The van der Waals surface area contributed by atoms with Crippen molar-refractivity contribution in [3.8, 4) is 11.5 Å². The lowest BCUT2D eigenvalue weighted by atomic mass is 10.1. The predicted octanol–water partition coefficient (Wildman–Crippen LogP) is 4.45. The largest absolute Gasteiger partial charge is 0.507 e. The molecule has 0 aliphatic heterocycles. The van der Waals surface area contributed by atoms with Gasteiger partial charge in [0, 0.05) is 16.8 Å². The van der Waals surface area contributed by atoms with E-state index in [0.29, 0.717) is 16.3 Å². The van der Waals surface area contributed by atoms with Crippen LogP contribution in [0.2, 0.25) is 5.02 Å². The Morgan fingerprint density at radius 1 is 1.10 bits per heavy atom. The standard InChI is InChI=1S/C16H16ClNO2/c1-2-3-11-4-6-16(20)14(8-11)18-10-12-9-13(17)5-7-15(12)19/h4-10,19-20H,2-3H2,1H3/b18-10+. The van der Waals surface area contributed by atoms with Gasteiger partial charge < -0.3 is 10.2 Å². The summed E-state index contributed by atoms with van der Waals surface area (Å²) in [5.41, 5.74) is 2.11. The van der Waals surface area contributed by atoms with Crippen LogP contribution in [0.25, 0.3) is 0 Å². The minimum absolute atomic E-state index is 0.0994. The first kappa shape index (κ1) is 14.4. The number of aliphatic imine (C=N–C) groups is 1. The molecule has 4 heteroatoms. The maximum atomic E-state index is 9.80. The fraction of sp³-hybridized carbons (Fsp3) is 0.188. The van der Waals surface area contributed by atoms with Crippen LogP contribution in [0, 0.1) is 0 Å². The van der Waals surface area contributed by atoms with Gasteiger partial charge in [0.2, 0.25) is 0 Å². The van der Waals surface area contributed by atoms with Gasteiger partial charge in [-0.3, -0.25) is 4.99 Å². The van der Waals surface area contributed by atoms with Crippen LogP contribution in [0.15, 0.2) is 41.4 Å². The number of hydrogen-bond acceptors (Lipinski definition) is 3. The number of halogens is 1. The van der Waals surface area contributed by atoms with E-state index in [0.717, 1.165) is 18.4 Å². The first-order valence-corrected chi connectivity index (χ1v) is 6.82. The Kier molecular flexibility index (Phi) is 4.64. The highest BCUT2D eigenvalue weighted by Gasteiger charge is 2.03. The third-order valence-electron chi connectivity index (χ3n) is 2.91. The lowest BCUT2D eigenvalue weighted by molar-refractivity contribution is 0.474. The molecule has 2 aromatic carbocycles. The van der Waals surface area contributed by atoms with E-state index in [4.69, 9.17) is 11.6 Å². The smallest absolute Gasteiger partial charge is 0.141 e. The molecule has 0 heterocycles. The predicted molar refractivity (Wildman–Crippen MR) is 82.5 cm³/mol. The number of phenols is 2. The fourth-order valence-corrected chi connectivity index (χ4v) is 2.07. The van der Waals surface area contributed by atoms with Crippen molar-refractivity contribution >= 4 is 23.5 Å². The molecule has 0 aromatic heterocycles. The lowest BCUT2D eigenvalue weighted by Gasteiger charge is -2.04. The van der Waals surface area contributed by atoms with Gasteiger partial charge in [0.15, 0.2) is 0 Å². The summed E-state index contributed by atoms with van der Waals surface area (Å²) in [6, 6.07) is 10.1. The maximum absolute atomic E-state index is 9.80. The van der Waals surface area contributed by atoms with Gasteiger partial charge in [-0.1, -0.05) is 31.0 Å². The van der Waals surface area contributed by atoms with Gasteiger partial charge >= 0.3 is 0 Å². The Morgan fingerprint density at radius 3 is 2.60 bits per heavy atom. The topological polar surface area (TPSA) is 52.8 Å². The molecule has 2 rings (SSSR count). The van der Waals surface area contributed by atoms with Crippen LogP contribution in [0.3, 0.4) is 0 Å². The van der Waals surface area contributed by atoms with Crippen LogP contribution in [-0.4, -0.2) is 16.4 Å². The van der Waals surface area contributed by atoms with Gasteiger partial charge in [0.25, 0.3) is 0 Å². The van der Waals surface area contributed by atoms with Gasteiger partial charge in [-0.15, -0.1) is 0 Å². The molecule has 0 amide bonds. The normalized spacial score (nSPS) is 11.1. The van der Waals surface area contributed by atoms with Crippen LogP contribution in [0.1, 0.15) is 24.5 Å². The molecular formula is C16H16ClNO2. The van der Waals surface area contributed by atoms with Crippen molar-refractivity contribution in [2.24, 2.45) is 4.99 Å². The monoisotopic (exact) mass is 289 g/mol. The third kappa shape index (κ3) is 3.52. The van der Waals surface area contributed by atoms with Crippen molar-refractivity contribution in [3.63, 3.8) is 0 Å². The number of aryl methyl sites for hydroxylation is 1. The Labute approximate surface area is 123 Å². The molecule has 0 aliphatic rings. The number of nitrogens with zero attached hydrogens (tertiary/aromatic N) is 1. The SMILES string of the molecule is CCCc1ccc(O)c(/N=C/c2cc(Cl)ccc2O)c1. The molecule has 0 radical (unpaired) electrons. The van der Waals surface area contributed by atoms with Crippen molar-refractivity contribution in [2.75, 3.05) is 0 Å². The highest BCUT2D eigenvalue weighted by Crippen LogP contribution is 2.28. The van der Waals surface area contributed by atoms with Gasteiger partial charge in [0.05, 0.1) is 0 Å². The van der Waals surface area contributed by atoms with Crippen LogP contribution in [-0.2, 0) is 6.42 Å². The molecule has 0 spiro atoms. The van der Waals surface area contributed by atoms with Crippen molar-refractivity contribution < 1.29 is 10.2 Å². The molecular weight excluding hydrogens is 274 g/mol. The molecule has 2 aromatic rings. The number of hydrogen-bond donors (Lipinski definition) is 2. The first-order valence-electron chi connectivity index (χ1n) is 6.44. The van der Waals surface area contributed by atoms with E-state index < -0.39 is 0 Å². The zero-order chi connectivity index (χ0) is 14.5. The second kappa shape index (κ2) is 6.44. The Hall–Kier alpha value is -2.00. The van der Waals surface area contributed by atoms with Crippen LogP contribution in [0.4, 0.5) is 5.69 Å². The molecule has 3 nitrogen and oxygen atoms in total. The number of benzene rings is 2. The molecule has 20 heavy (non-hydrogen) atoms. The molecule has 0 saturated carbocycles. The Morgan fingerprint density at radius 2 is 1.85 bits per heavy atom. The van der Waals surface area contributed by atoms with Crippen LogP contribution in [0.5, 0.6) is 11.5 Å². The van der Waals surface area contributed by atoms with Gasteiger partial charge in [-0.25, -0.2) is 0 Å². The average molecular weight is 290 g/mol. The molecule has 2 N–H and O–H groups in total. The van der Waals surface area contributed by atoms with E-state index in [1.165, 1.54) is 12.3 Å². The summed E-state index contributed by atoms with van der Waals surface area (Å²) >= 11 is 5.87. The van der Waals surface area contributed by atoms with Crippen molar-refractivity contribution in [1.82, 2.24) is 0 Å². The van der Waals surface area contributed by atoms with Crippen molar-refractivity contribution in [2.45, 2.75) is 19.8 Å². The zero-order valence-corrected chi connectivity index (χ0v) is 11.9. The van der Waals surface area contributed by atoms with Crippen molar-refractivity contribution in [3.05, 3.63) is 52.5 Å². The van der Waals surface area contributed by atoms with E-state index in [-0.39, 0.29) is 11.5 Å². The van der Waals surface area contributed by atoms with Crippen LogP contribution >= 0.6 is 11.6 Å². The highest BCUT2D eigenvalue weighted by atomic mass is 35.5.